The third-order valence-electron chi connectivity index (χ3n) is 11.1. The van der Waals surface area contributed by atoms with E-state index >= 15 is 0 Å². The number of hydrogen-bond acceptors (Lipinski definition) is 10. The molecule has 4 atom stereocenters. The topological polar surface area (TPSA) is 130 Å². The second-order valence-corrected chi connectivity index (χ2v) is 18.5. The van der Waals surface area contributed by atoms with Crippen LogP contribution in [-0.2, 0) is 28.4 Å². The summed E-state index contributed by atoms with van der Waals surface area (Å²) in [5, 5.41) is 17.8. The van der Waals surface area contributed by atoms with Gasteiger partial charge in [0.05, 0.1) is 29.7 Å². The molecule has 2 fully saturated rings. The van der Waals surface area contributed by atoms with E-state index in [4.69, 9.17) is 61.8 Å². The van der Waals surface area contributed by atoms with Gasteiger partial charge in [-0.05, 0) is 113 Å². The van der Waals surface area contributed by atoms with Crippen molar-refractivity contribution in [3.8, 4) is 33.4 Å². The van der Waals surface area contributed by atoms with Crippen molar-refractivity contribution >= 4 is 35.1 Å². The molecule has 8 rings (SSSR count). The van der Waals surface area contributed by atoms with Crippen molar-refractivity contribution in [2.75, 3.05) is 31.8 Å². The number of carbonyl (C=O) groups is 2. The van der Waals surface area contributed by atoms with E-state index in [0.717, 1.165) is 22.3 Å². The first-order valence-electron chi connectivity index (χ1n) is 22.8. The Morgan fingerprint density at radius 1 is 0.420 bits per heavy atom. The minimum Gasteiger partial charge on any atom is -0.459 e. The number of benzene rings is 6. The van der Waals surface area contributed by atoms with E-state index in [1.807, 2.05) is 38.1 Å². The van der Waals surface area contributed by atoms with Crippen LogP contribution < -0.4 is 0 Å². The molecule has 0 radical (unpaired) electrons. The summed E-state index contributed by atoms with van der Waals surface area (Å²) in [5.41, 5.74) is 12.6. The number of aryl methyl sites for hydroxylation is 4. The number of hydrogen-bond donors (Lipinski definition) is 2. The minimum atomic E-state index is -0.903. The number of rotatable bonds is 11. The van der Waals surface area contributed by atoms with Gasteiger partial charge in [0, 0.05) is 0 Å². The lowest BCUT2D eigenvalue weighted by atomic mass is 10.0. The second-order valence-electron chi connectivity index (χ2n) is 17.7. The van der Waals surface area contributed by atoms with Gasteiger partial charge in [-0.2, -0.15) is 0 Å². The number of carbonyl (C=O) groups excluding carboxylic acids is 2. The lowest BCUT2D eigenvalue weighted by Crippen LogP contribution is -2.33. The predicted molar refractivity (Wildman–Crippen MR) is 274 cm³/mol. The molecule has 12 heteroatoms. The van der Waals surface area contributed by atoms with E-state index < -0.39 is 47.9 Å². The fourth-order valence-electron chi connectivity index (χ4n) is 7.47. The molecule has 2 aliphatic heterocycles. The highest BCUT2D eigenvalue weighted by Gasteiger charge is 2.43. The van der Waals surface area contributed by atoms with Gasteiger partial charge >= 0.3 is 11.9 Å². The molecule has 2 heterocycles. The zero-order chi connectivity index (χ0) is 50.1. The average molecular weight is 980 g/mol. The summed E-state index contributed by atoms with van der Waals surface area (Å²) in [4.78, 5) is 25.5. The minimum absolute atomic E-state index is 0.0323. The van der Waals surface area contributed by atoms with Crippen LogP contribution in [0, 0.1) is 27.7 Å². The van der Waals surface area contributed by atoms with Gasteiger partial charge in [-0.1, -0.05) is 144 Å². The van der Waals surface area contributed by atoms with Gasteiger partial charge in [0.25, 0.3) is 0 Å². The van der Waals surface area contributed by atoms with Crippen LogP contribution in [-0.4, -0.2) is 89.9 Å². The number of halogens is 2. The van der Waals surface area contributed by atoms with Crippen LogP contribution in [0.5, 0.6) is 0 Å². The van der Waals surface area contributed by atoms with Crippen LogP contribution in [0.15, 0.2) is 146 Å². The Morgan fingerprint density at radius 3 is 0.841 bits per heavy atom. The van der Waals surface area contributed by atoms with E-state index in [-0.39, 0.29) is 31.8 Å². The molecular weight excluding hydrogens is 916 g/mol. The lowest BCUT2D eigenvalue weighted by molar-refractivity contribution is -0.152. The number of aliphatic hydroxyl groups excluding tert-OH is 2. The Balaban J connectivity index is 0.000000255. The molecule has 6 aromatic carbocycles. The third kappa shape index (κ3) is 16.9. The van der Waals surface area contributed by atoms with Crippen LogP contribution in [0.4, 0.5) is 0 Å². The third-order valence-corrected chi connectivity index (χ3v) is 11.1. The van der Waals surface area contributed by atoms with Crippen LogP contribution in [0.25, 0.3) is 33.4 Å². The summed E-state index contributed by atoms with van der Waals surface area (Å²) >= 11 is 9.53. The quantitative estimate of drug-likeness (QED) is 0.0956. The maximum atomic E-state index is 12.8. The van der Waals surface area contributed by atoms with Crippen molar-refractivity contribution in [3.05, 3.63) is 179 Å². The van der Waals surface area contributed by atoms with E-state index in [9.17, 15) is 9.59 Å². The zero-order valence-corrected chi connectivity index (χ0v) is 42.1. The van der Waals surface area contributed by atoms with Crippen molar-refractivity contribution in [2.45, 2.75) is 91.4 Å². The van der Waals surface area contributed by atoms with Gasteiger partial charge in [0.15, 0.2) is 11.6 Å². The number of esters is 2. The van der Waals surface area contributed by atoms with Crippen LogP contribution >= 0.6 is 23.2 Å². The molecule has 0 aromatic heterocycles. The maximum Gasteiger partial charge on any atom is 0.338 e. The molecule has 0 bridgehead atoms. The van der Waals surface area contributed by atoms with Gasteiger partial charge in [-0.25, -0.2) is 9.59 Å². The van der Waals surface area contributed by atoms with Gasteiger partial charge < -0.3 is 38.6 Å². The Morgan fingerprint density at radius 2 is 0.623 bits per heavy atom. The van der Waals surface area contributed by atoms with Gasteiger partial charge in [-0.15, -0.1) is 23.2 Å². The number of alkyl halides is 2. The first-order chi connectivity index (χ1) is 32.9. The van der Waals surface area contributed by atoms with E-state index in [1.165, 1.54) is 33.4 Å². The Labute approximate surface area is 417 Å². The normalized spacial score (nSPS) is 18.6. The number of ether oxygens (including phenoxy) is 6. The molecule has 2 aliphatic rings. The smallest absolute Gasteiger partial charge is 0.338 e. The van der Waals surface area contributed by atoms with Crippen molar-refractivity contribution in [1.82, 2.24) is 0 Å². The molecule has 2 N–H and O–H groups in total. The average Bonchev–Trinajstić information content (AvgIpc) is 3.83. The summed E-state index contributed by atoms with van der Waals surface area (Å²) in [5.74, 6) is -2.50. The summed E-state index contributed by atoms with van der Waals surface area (Å²) in [7, 11) is 0. The molecule has 0 aliphatic carbocycles. The van der Waals surface area contributed by atoms with Gasteiger partial charge in [0.1, 0.15) is 37.6 Å². The Hall–Kier alpha value is -5.40. The summed E-state index contributed by atoms with van der Waals surface area (Å²) in [6.45, 7) is 15.1. The van der Waals surface area contributed by atoms with Crippen LogP contribution in [0.3, 0.4) is 0 Å². The first-order valence-corrected chi connectivity index (χ1v) is 23.9. The van der Waals surface area contributed by atoms with Crippen molar-refractivity contribution in [3.63, 3.8) is 0 Å². The summed E-state index contributed by atoms with van der Waals surface area (Å²) < 4.78 is 33.6. The highest BCUT2D eigenvalue weighted by atomic mass is 35.5. The standard InChI is InChI=1S/C35H34O6.C14H14.C7H14O4.CH2Cl2/c1-23-5-9-25(10-6-23)27-13-17-29(18-14-27)33(36)38-21-31-32(41-35(3,4)40-31)22-39-34(37)30-19-15-28(16-20-30)26-11-7-24(2)8-12-26;1-11-3-7-13(8-4-11)14-9-5-12(2)6-10-14;1-7(2)10-5(3-8)6(4-9)11-7;2-1-3/h5-20,31-32H,21-22H2,1-4H3;3-10H,1-2H3;5-6,8-9H,3-4H2,1-2H3;1H2/t31-,32-;;5-,6-;/m1.1./s1. The molecule has 69 heavy (non-hydrogen) atoms. The fourth-order valence-corrected chi connectivity index (χ4v) is 7.47. The van der Waals surface area contributed by atoms with Gasteiger partial charge in [-0.3, -0.25) is 0 Å². The monoisotopic (exact) mass is 978 g/mol. The molecule has 10 nitrogen and oxygen atoms in total. The van der Waals surface area contributed by atoms with Crippen molar-refractivity contribution < 1.29 is 48.2 Å². The summed E-state index contributed by atoms with van der Waals surface area (Å²) in [6, 6.07) is 48.3. The van der Waals surface area contributed by atoms with Gasteiger partial charge in [0.2, 0.25) is 0 Å². The largest absolute Gasteiger partial charge is 0.459 e. The van der Waals surface area contributed by atoms with E-state index in [1.54, 1.807) is 52.0 Å². The van der Waals surface area contributed by atoms with Crippen molar-refractivity contribution in [2.24, 2.45) is 0 Å². The Kier molecular flexibility index (Phi) is 20.5. The molecule has 0 unspecified atom stereocenters. The zero-order valence-electron chi connectivity index (χ0n) is 40.6. The predicted octanol–water partition coefficient (Wildman–Crippen LogP) is 12.1. The van der Waals surface area contributed by atoms with Crippen LogP contribution in [0.1, 0.15) is 70.7 Å². The van der Waals surface area contributed by atoms with E-state index in [2.05, 4.69) is 111 Å². The SMILES string of the molecule is CC1(C)O[C@H](CO)[C@@H](CO)O1.Cc1ccc(-c2ccc(C(=O)OC[C@H]3OC(C)(C)O[C@@H]3COC(=O)c3ccc(-c4ccc(C)cc4)cc3)cc2)cc1.Cc1ccc(-c2ccc(C)cc2)cc1.ClCCl. The molecule has 0 saturated carbocycles. The maximum absolute atomic E-state index is 12.8. The molecular formula is C57H64Cl2O10. The van der Waals surface area contributed by atoms with Crippen LogP contribution in [0.2, 0.25) is 0 Å². The summed E-state index contributed by atoms with van der Waals surface area (Å²) in [6.07, 6.45) is -1.96. The molecule has 6 aromatic rings. The second kappa shape index (κ2) is 26.0. The molecule has 0 spiro atoms. The Bertz CT molecular complexity index is 2320. The first kappa shape index (κ1) is 54.5. The fraction of sp³-hybridized carbons (Fsp3) is 0.333. The highest BCUT2D eigenvalue weighted by Crippen LogP contribution is 2.30. The lowest BCUT2D eigenvalue weighted by Gasteiger charge is -2.17. The number of aliphatic hydroxyl groups is 2. The van der Waals surface area contributed by atoms with Crippen molar-refractivity contribution in [1.29, 1.82) is 0 Å². The molecule has 366 valence electrons. The van der Waals surface area contributed by atoms with E-state index in [0.29, 0.717) is 11.1 Å². The highest BCUT2D eigenvalue weighted by molar-refractivity contribution is 6.40. The molecule has 2 saturated heterocycles. The molecule has 0 amide bonds.